The maximum absolute atomic E-state index is 4.76. The van der Waals surface area contributed by atoms with E-state index in [-0.39, 0.29) is 0 Å². The Labute approximate surface area is 132 Å². The summed E-state index contributed by atoms with van der Waals surface area (Å²) in [4.78, 5) is 9.42. The molecule has 2 unspecified atom stereocenters. The van der Waals surface area contributed by atoms with Gasteiger partial charge >= 0.3 is 0 Å². The molecule has 1 aliphatic carbocycles. The molecule has 2 N–H and O–H groups in total. The highest BCUT2D eigenvalue weighted by Gasteiger charge is 2.25. The average molecular weight is 308 g/mol. The van der Waals surface area contributed by atoms with E-state index in [9.17, 15) is 0 Å². The minimum absolute atomic E-state index is 0.339. The molecule has 1 aliphatic rings. The summed E-state index contributed by atoms with van der Waals surface area (Å²) in [5, 5.41) is 7.82. The Morgan fingerprint density at radius 1 is 1.24 bits per heavy atom. The molecule has 0 aromatic carbocycles. The van der Waals surface area contributed by atoms with Crippen LogP contribution in [0.1, 0.15) is 57.3 Å². The molecule has 1 saturated carbocycles. The fourth-order valence-corrected chi connectivity index (χ4v) is 3.55. The number of rotatable bonds is 6. The molecule has 118 valence electrons. The molecule has 1 aromatic rings. The molecular formula is C16H28N4S. The van der Waals surface area contributed by atoms with Crippen molar-refractivity contribution in [3.05, 3.63) is 11.4 Å². The second kappa shape index (κ2) is 7.34. The van der Waals surface area contributed by atoms with Gasteiger partial charge < -0.3 is 10.6 Å². The molecule has 1 heterocycles. The third-order valence-corrected chi connectivity index (χ3v) is 5.18. The fraction of sp³-hybridized carbons (Fsp3) is 0.750. The van der Waals surface area contributed by atoms with Gasteiger partial charge in [0.25, 0.3) is 0 Å². The Morgan fingerprint density at radius 2 is 1.95 bits per heavy atom. The predicted molar refractivity (Wildman–Crippen MR) is 93.6 cm³/mol. The van der Waals surface area contributed by atoms with Crippen molar-refractivity contribution in [1.29, 1.82) is 0 Å². The normalized spacial score (nSPS) is 21.8. The lowest BCUT2D eigenvalue weighted by Crippen LogP contribution is -2.20. The number of hydrogen-bond acceptors (Lipinski definition) is 5. The highest BCUT2D eigenvalue weighted by molar-refractivity contribution is 7.99. The molecule has 0 radical (unpaired) electrons. The Hall–Kier alpha value is -0.970. The van der Waals surface area contributed by atoms with Crippen molar-refractivity contribution in [2.75, 3.05) is 23.4 Å². The molecule has 0 spiro atoms. The van der Waals surface area contributed by atoms with E-state index in [1.807, 2.05) is 11.8 Å². The highest BCUT2D eigenvalue weighted by Crippen LogP contribution is 2.31. The van der Waals surface area contributed by atoms with E-state index in [4.69, 9.17) is 4.98 Å². The first-order chi connectivity index (χ1) is 10.0. The summed E-state index contributed by atoms with van der Waals surface area (Å²) >= 11 is 1.99. The van der Waals surface area contributed by atoms with E-state index >= 15 is 0 Å². The van der Waals surface area contributed by atoms with Crippen LogP contribution in [0.4, 0.5) is 11.6 Å². The second-order valence-corrected chi connectivity index (χ2v) is 7.24. The molecule has 1 fully saturated rings. The van der Waals surface area contributed by atoms with Crippen LogP contribution in [-0.4, -0.2) is 34.1 Å². The van der Waals surface area contributed by atoms with Crippen molar-refractivity contribution >= 4 is 23.4 Å². The Bertz CT molecular complexity index is 476. The van der Waals surface area contributed by atoms with Crippen LogP contribution in [-0.2, 0) is 0 Å². The summed E-state index contributed by atoms with van der Waals surface area (Å²) in [6.07, 6.45) is 5.99. The van der Waals surface area contributed by atoms with Crippen LogP contribution in [0.3, 0.4) is 0 Å². The lowest BCUT2D eigenvalue weighted by molar-refractivity contribution is 0.733. The third-order valence-electron chi connectivity index (χ3n) is 4.08. The predicted octanol–water partition coefficient (Wildman–Crippen LogP) is 4.04. The lowest BCUT2D eigenvalue weighted by atomic mass is 10.2. The maximum atomic E-state index is 4.76. The SMILES string of the molecule is CCNc1nc(C(C)C)nc(NC2CCC(SC)C2)c1C. The lowest BCUT2D eigenvalue weighted by Gasteiger charge is -2.19. The van der Waals surface area contributed by atoms with Gasteiger partial charge in [0.1, 0.15) is 17.5 Å². The van der Waals surface area contributed by atoms with Crippen LogP contribution in [0.25, 0.3) is 0 Å². The van der Waals surface area contributed by atoms with Crippen molar-refractivity contribution in [2.45, 2.75) is 64.2 Å². The zero-order chi connectivity index (χ0) is 15.4. The zero-order valence-electron chi connectivity index (χ0n) is 13.9. The van der Waals surface area contributed by atoms with E-state index in [0.717, 1.165) is 34.8 Å². The van der Waals surface area contributed by atoms with E-state index in [1.54, 1.807) is 0 Å². The van der Waals surface area contributed by atoms with E-state index in [2.05, 4.69) is 49.6 Å². The van der Waals surface area contributed by atoms with Gasteiger partial charge in [-0.3, -0.25) is 0 Å². The van der Waals surface area contributed by atoms with Gasteiger partial charge in [0.05, 0.1) is 0 Å². The standard InChI is InChI=1S/C16H28N4S/c1-6-17-15-11(4)16(20-14(19-15)10(2)3)18-12-7-8-13(9-12)21-5/h10,12-13H,6-9H2,1-5H3,(H2,17,18,19,20). The summed E-state index contributed by atoms with van der Waals surface area (Å²) in [5.74, 6) is 3.24. The van der Waals surface area contributed by atoms with Gasteiger partial charge in [0, 0.05) is 29.3 Å². The Morgan fingerprint density at radius 3 is 2.52 bits per heavy atom. The van der Waals surface area contributed by atoms with Crippen molar-refractivity contribution in [1.82, 2.24) is 9.97 Å². The number of nitrogens with zero attached hydrogens (tertiary/aromatic N) is 2. The molecule has 2 atom stereocenters. The molecule has 0 saturated heterocycles. The molecule has 0 aliphatic heterocycles. The van der Waals surface area contributed by atoms with Crippen molar-refractivity contribution < 1.29 is 0 Å². The molecule has 0 bridgehead atoms. The van der Waals surface area contributed by atoms with Crippen LogP contribution < -0.4 is 10.6 Å². The Balaban J connectivity index is 2.21. The maximum Gasteiger partial charge on any atom is 0.135 e. The smallest absolute Gasteiger partial charge is 0.135 e. The summed E-state index contributed by atoms with van der Waals surface area (Å²) in [6, 6.07) is 0.547. The first kappa shape index (κ1) is 16.4. The van der Waals surface area contributed by atoms with Gasteiger partial charge in [-0.25, -0.2) is 9.97 Å². The van der Waals surface area contributed by atoms with Gasteiger partial charge in [-0.2, -0.15) is 11.8 Å². The molecule has 4 nitrogen and oxygen atoms in total. The van der Waals surface area contributed by atoms with Gasteiger partial charge in [-0.1, -0.05) is 13.8 Å². The van der Waals surface area contributed by atoms with Crippen LogP contribution in [0.2, 0.25) is 0 Å². The summed E-state index contributed by atoms with van der Waals surface area (Å²) < 4.78 is 0. The summed E-state index contributed by atoms with van der Waals surface area (Å²) in [6.45, 7) is 9.37. The van der Waals surface area contributed by atoms with Crippen LogP contribution in [0, 0.1) is 6.92 Å². The minimum atomic E-state index is 0.339. The Kier molecular flexibility index (Phi) is 5.73. The van der Waals surface area contributed by atoms with Crippen molar-refractivity contribution in [3.8, 4) is 0 Å². The van der Waals surface area contributed by atoms with E-state index in [0.29, 0.717) is 12.0 Å². The molecule has 21 heavy (non-hydrogen) atoms. The fourth-order valence-electron chi connectivity index (χ4n) is 2.75. The molecular weight excluding hydrogens is 280 g/mol. The van der Waals surface area contributed by atoms with Crippen molar-refractivity contribution in [2.24, 2.45) is 0 Å². The van der Waals surface area contributed by atoms with Crippen LogP contribution in [0.5, 0.6) is 0 Å². The molecule has 5 heteroatoms. The number of anilines is 2. The van der Waals surface area contributed by atoms with Crippen LogP contribution in [0.15, 0.2) is 0 Å². The number of aromatic nitrogens is 2. The highest BCUT2D eigenvalue weighted by atomic mass is 32.2. The quantitative estimate of drug-likeness (QED) is 0.830. The number of hydrogen-bond donors (Lipinski definition) is 2. The zero-order valence-corrected chi connectivity index (χ0v) is 14.7. The first-order valence-corrected chi connectivity index (χ1v) is 9.25. The molecule has 0 amide bonds. The number of nitrogens with one attached hydrogen (secondary N) is 2. The summed E-state index contributed by atoms with van der Waals surface area (Å²) in [7, 11) is 0. The van der Waals surface area contributed by atoms with E-state index < -0.39 is 0 Å². The largest absolute Gasteiger partial charge is 0.370 e. The number of thioether (sulfide) groups is 1. The van der Waals surface area contributed by atoms with E-state index in [1.165, 1.54) is 19.3 Å². The topological polar surface area (TPSA) is 49.8 Å². The van der Waals surface area contributed by atoms with Crippen LogP contribution >= 0.6 is 11.8 Å². The van der Waals surface area contributed by atoms with Gasteiger partial charge in [-0.15, -0.1) is 0 Å². The average Bonchev–Trinajstić information content (AvgIpc) is 2.90. The second-order valence-electron chi connectivity index (χ2n) is 6.10. The molecule has 1 aromatic heterocycles. The van der Waals surface area contributed by atoms with Crippen molar-refractivity contribution in [3.63, 3.8) is 0 Å². The third kappa shape index (κ3) is 4.02. The van der Waals surface area contributed by atoms with Gasteiger partial charge in [0.2, 0.25) is 0 Å². The van der Waals surface area contributed by atoms with Gasteiger partial charge in [-0.05, 0) is 39.4 Å². The van der Waals surface area contributed by atoms with Gasteiger partial charge in [0.15, 0.2) is 0 Å². The monoisotopic (exact) mass is 308 g/mol. The summed E-state index contributed by atoms with van der Waals surface area (Å²) in [5.41, 5.74) is 1.13. The first-order valence-electron chi connectivity index (χ1n) is 7.96. The molecule has 2 rings (SSSR count). The minimum Gasteiger partial charge on any atom is -0.370 e.